The molecule has 1 saturated heterocycles. The highest BCUT2D eigenvalue weighted by Gasteiger charge is 2.33. The van der Waals surface area contributed by atoms with Gasteiger partial charge in [0.05, 0.1) is 5.69 Å². The molecule has 2 aromatic rings. The molecular weight excluding hydrogens is 349 g/mol. The van der Waals surface area contributed by atoms with Crippen molar-refractivity contribution in [2.24, 2.45) is 11.7 Å². The largest absolute Gasteiger partial charge is 0.435 e. The first-order chi connectivity index (χ1) is 12.3. The van der Waals surface area contributed by atoms with Crippen molar-refractivity contribution >= 4 is 11.8 Å². The number of halogens is 3. The molecule has 0 bridgehead atoms. The van der Waals surface area contributed by atoms with Crippen molar-refractivity contribution in [2.45, 2.75) is 19.0 Å². The molecule has 1 aliphatic rings. The zero-order chi connectivity index (χ0) is 18.9. The molecule has 2 heterocycles. The topological polar surface area (TPSA) is 81.2 Å². The molecule has 1 fully saturated rings. The number of nitrogens with zero attached hydrogens (tertiary/aromatic N) is 3. The predicted molar refractivity (Wildman–Crippen MR) is 86.4 cm³/mol. The van der Waals surface area contributed by atoms with Gasteiger partial charge >= 0.3 is 6.18 Å². The lowest BCUT2D eigenvalue weighted by atomic mass is 9.96. The summed E-state index contributed by atoms with van der Waals surface area (Å²) < 4.78 is 39.1. The van der Waals surface area contributed by atoms with E-state index in [0.29, 0.717) is 37.2 Å². The number of hydrogen-bond acceptors (Lipinski definition) is 3. The van der Waals surface area contributed by atoms with Gasteiger partial charge < -0.3 is 10.6 Å². The molecule has 0 saturated carbocycles. The third kappa shape index (κ3) is 3.71. The normalized spacial score (nSPS) is 15.9. The molecule has 2 amide bonds. The third-order valence-electron chi connectivity index (χ3n) is 4.42. The van der Waals surface area contributed by atoms with Gasteiger partial charge in [0.2, 0.25) is 5.91 Å². The van der Waals surface area contributed by atoms with E-state index in [-0.39, 0.29) is 17.7 Å². The number of amides is 2. The van der Waals surface area contributed by atoms with Gasteiger partial charge in [-0.25, -0.2) is 4.68 Å². The summed E-state index contributed by atoms with van der Waals surface area (Å²) in [5, 5.41) is 3.51. The summed E-state index contributed by atoms with van der Waals surface area (Å²) in [7, 11) is 0. The van der Waals surface area contributed by atoms with E-state index in [1.165, 1.54) is 12.3 Å². The highest BCUT2D eigenvalue weighted by molar-refractivity contribution is 5.95. The van der Waals surface area contributed by atoms with Gasteiger partial charge in [0.1, 0.15) is 0 Å². The SMILES string of the molecule is NC(=O)C1CCN(C(=O)c2cccc(-n3ccc(C(F)(F)F)n3)c2)CC1. The van der Waals surface area contributed by atoms with Gasteiger partial charge in [0.25, 0.3) is 5.91 Å². The molecule has 0 radical (unpaired) electrons. The Labute approximate surface area is 147 Å². The summed E-state index contributed by atoms with van der Waals surface area (Å²) in [5.74, 6) is -0.827. The van der Waals surface area contributed by atoms with Crippen LogP contribution in [0.5, 0.6) is 0 Å². The van der Waals surface area contributed by atoms with Crippen molar-refractivity contribution in [1.82, 2.24) is 14.7 Å². The van der Waals surface area contributed by atoms with Crippen molar-refractivity contribution in [1.29, 1.82) is 0 Å². The molecule has 6 nitrogen and oxygen atoms in total. The maximum absolute atomic E-state index is 12.7. The Hall–Kier alpha value is -2.84. The summed E-state index contributed by atoms with van der Waals surface area (Å²) >= 11 is 0. The third-order valence-corrected chi connectivity index (χ3v) is 4.42. The number of carbonyl (C=O) groups excluding carboxylic acids is 2. The van der Waals surface area contributed by atoms with Gasteiger partial charge in [0.15, 0.2) is 5.69 Å². The predicted octanol–water partition coefficient (Wildman–Crippen LogP) is 2.23. The van der Waals surface area contributed by atoms with E-state index in [1.54, 1.807) is 23.1 Å². The zero-order valence-corrected chi connectivity index (χ0v) is 13.7. The van der Waals surface area contributed by atoms with Gasteiger partial charge in [-0.3, -0.25) is 9.59 Å². The minimum absolute atomic E-state index is 0.227. The van der Waals surface area contributed by atoms with Crippen molar-refractivity contribution in [3.05, 3.63) is 47.8 Å². The van der Waals surface area contributed by atoms with Gasteiger partial charge in [-0.15, -0.1) is 0 Å². The number of piperidine rings is 1. The number of benzene rings is 1. The van der Waals surface area contributed by atoms with Gasteiger partial charge in [-0.1, -0.05) is 6.07 Å². The minimum Gasteiger partial charge on any atom is -0.369 e. The van der Waals surface area contributed by atoms with Crippen molar-refractivity contribution < 1.29 is 22.8 Å². The van der Waals surface area contributed by atoms with Crippen LogP contribution >= 0.6 is 0 Å². The second-order valence-electron chi connectivity index (χ2n) is 6.16. The van der Waals surface area contributed by atoms with Crippen LogP contribution in [0.2, 0.25) is 0 Å². The monoisotopic (exact) mass is 366 g/mol. The molecule has 0 aliphatic carbocycles. The molecule has 1 aliphatic heterocycles. The summed E-state index contributed by atoms with van der Waals surface area (Å²) in [6, 6.07) is 7.13. The standard InChI is InChI=1S/C17H17F3N4O2/c18-17(19,20)14-6-9-24(22-14)13-3-1-2-12(10-13)16(26)23-7-4-11(5-8-23)15(21)25/h1-3,6,9-11H,4-5,7-8H2,(H2,21,25). The van der Waals surface area contributed by atoms with E-state index in [4.69, 9.17) is 5.73 Å². The summed E-state index contributed by atoms with van der Waals surface area (Å²) in [5.41, 5.74) is 5.00. The fraction of sp³-hybridized carbons (Fsp3) is 0.353. The van der Waals surface area contributed by atoms with E-state index < -0.39 is 11.9 Å². The maximum Gasteiger partial charge on any atom is 0.435 e. The summed E-state index contributed by atoms with van der Waals surface area (Å²) in [4.78, 5) is 25.4. The fourth-order valence-electron chi connectivity index (χ4n) is 2.95. The Balaban J connectivity index is 1.76. The van der Waals surface area contributed by atoms with Gasteiger partial charge in [0, 0.05) is 30.8 Å². The number of primary amides is 1. The molecule has 26 heavy (non-hydrogen) atoms. The molecule has 0 atom stereocenters. The van der Waals surface area contributed by atoms with Crippen LogP contribution in [0.25, 0.3) is 5.69 Å². The highest BCUT2D eigenvalue weighted by Crippen LogP contribution is 2.28. The van der Waals surface area contributed by atoms with Crippen LogP contribution in [0.4, 0.5) is 13.2 Å². The Bertz CT molecular complexity index is 823. The number of hydrogen-bond donors (Lipinski definition) is 1. The van der Waals surface area contributed by atoms with Crippen molar-refractivity contribution in [3.63, 3.8) is 0 Å². The smallest absolute Gasteiger partial charge is 0.369 e. The highest BCUT2D eigenvalue weighted by atomic mass is 19.4. The molecule has 0 spiro atoms. The zero-order valence-electron chi connectivity index (χ0n) is 13.7. The maximum atomic E-state index is 12.7. The van der Waals surface area contributed by atoms with Crippen LogP contribution < -0.4 is 5.73 Å². The molecule has 3 rings (SSSR count). The quantitative estimate of drug-likeness (QED) is 0.904. The lowest BCUT2D eigenvalue weighted by molar-refractivity contribution is -0.141. The van der Waals surface area contributed by atoms with Crippen LogP contribution in [-0.4, -0.2) is 39.6 Å². The molecule has 2 N–H and O–H groups in total. The van der Waals surface area contributed by atoms with E-state index in [2.05, 4.69) is 5.10 Å². The molecule has 0 unspecified atom stereocenters. The summed E-state index contributed by atoms with van der Waals surface area (Å²) in [6.07, 6.45) is -2.31. The van der Waals surface area contributed by atoms with Crippen LogP contribution in [0.3, 0.4) is 0 Å². The Morgan fingerprint density at radius 1 is 1.15 bits per heavy atom. The molecular formula is C17H17F3N4O2. The van der Waals surface area contributed by atoms with Crippen LogP contribution in [0.15, 0.2) is 36.5 Å². The molecule has 138 valence electrons. The fourth-order valence-corrected chi connectivity index (χ4v) is 2.95. The number of nitrogens with two attached hydrogens (primary N) is 1. The number of likely N-dealkylation sites (tertiary alicyclic amines) is 1. The lowest BCUT2D eigenvalue weighted by Gasteiger charge is -2.30. The average molecular weight is 366 g/mol. The van der Waals surface area contributed by atoms with Gasteiger partial charge in [-0.05, 0) is 37.1 Å². The van der Waals surface area contributed by atoms with Crippen LogP contribution in [-0.2, 0) is 11.0 Å². The van der Waals surface area contributed by atoms with Crippen molar-refractivity contribution in [2.75, 3.05) is 13.1 Å². The Morgan fingerprint density at radius 3 is 2.42 bits per heavy atom. The van der Waals surface area contributed by atoms with E-state index >= 15 is 0 Å². The first-order valence-corrected chi connectivity index (χ1v) is 8.07. The molecule has 1 aromatic carbocycles. The van der Waals surface area contributed by atoms with E-state index in [0.717, 1.165) is 10.7 Å². The average Bonchev–Trinajstić information content (AvgIpc) is 3.12. The number of carbonyl (C=O) groups is 2. The lowest BCUT2D eigenvalue weighted by Crippen LogP contribution is -2.41. The minimum atomic E-state index is -4.52. The van der Waals surface area contributed by atoms with Crippen molar-refractivity contribution in [3.8, 4) is 5.69 Å². The second-order valence-corrected chi connectivity index (χ2v) is 6.16. The Morgan fingerprint density at radius 2 is 1.85 bits per heavy atom. The first-order valence-electron chi connectivity index (χ1n) is 8.07. The molecule has 1 aromatic heterocycles. The number of aromatic nitrogens is 2. The Kier molecular flexibility index (Phi) is 4.71. The second kappa shape index (κ2) is 6.81. The van der Waals surface area contributed by atoms with E-state index in [9.17, 15) is 22.8 Å². The molecule has 9 heteroatoms. The summed E-state index contributed by atoms with van der Waals surface area (Å²) in [6.45, 7) is 0.827. The van der Waals surface area contributed by atoms with Crippen LogP contribution in [0.1, 0.15) is 28.9 Å². The first kappa shape index (κ1) is 18.0. The van der Waals surface area contributed by atoms with Gasteiger partial charge in [-0.2, -0.15) is 18.3 Å². The van der Waals surface area contributed by atoms with Crippen LogP contribution in [0, 0.1) is 5.92 Å². The number of rotatable bonds is 3. The number of alkyl halides is 3. The van der Waals surface area contributed by atoms with E-state index in [1.807, 2.05) is 0 Å².